The van der Waals surface area contributed by atoms with E-state index in [0.29, 0.717) is 4.34 Å². The van der Waals surface area contributed by atoms with Crippen molar-refractivity contribution in [3.05, 3.63) is 10.5 Å². The highest BCUT2D eigenvalue weighted by atomic mass is 35.5. The summed E-state index contributed by atoms with van der Waals surface area (Å²) in [4.78, 5) is 4.02. The van der Waals surface area contributed by atoms with Crippen LogP contribution in [-0.4, -0.2) is 22.7 Å². The van der Waals surface area contributed by atoms with Crippen LogP contribution in [-0.2, 0) is 0 Å². The molecule has 0 bridgehead atoms. The topological polar surface area (TPSA) is 45.1 Å². The van der Waals surface area contributed by atoms with Crippen LogP contribution in [0.25, 0.3) is 0 Å². The quantitative estimate of drug-likeness (QED) is 0.792. The molecule has 0 aliphatic heterocycles. The second-order valence-electron chi connectivity index (χ2n) is 2.40. The van der Waals surface area contributed by atoms with Crippen LogP contribution in [0.2, 0.25) is 4.34 Å². The Labute approximate surface area is 80.4 Å². The van der Waals surface area contributed by atoms with Crippen LogP contribution < -0.4 is 5.32 Å². The van der Waals surface area contributed by atoms with Gasteiger partial charge >= 0.3 is 0 Å². The van der Waals surface area contributed by atoms with E-state index in [4.69, 9.17) is 16.7 Å². The van der Waals surface area contributed by atoms with Gasteiger partial charge in [-0.05, 0) is 6.42 Å². The van der Waals surface area contributed by atoms with E-state index < -0.39 is 0 Å². The summed E-state index contributed by atoms with van der Waals surface area (Å²) in [7, 11) is 0. The first-order valence-electron chi connectivity index (χ1n) is 3.75. The first-order valence-corrected chi connectivity index (χ1v) is 4.94. The summed E-state index contributed by atoms with van der Waals surface area (Å²) >= 11 is 7.06. The zero-order valence-electron chi connectivity index (χ0n) is 6.75. The summed E-state index contributed by atoms with van der Waals surface area (Å²) in [5.41, 5.74) is 0. The highest BCUT2D eigenvalue weighted by Crippen LogP contribution is 2.23. The number of aliphatic hydroxyl groups is 1. The molecule has 3 nitrogen and oxygen atoms in total. The van der Waals surface area contributed by atoms with E-state index in [-0.39, 0.29) is 12.6 Å². The predicted molar refractivity (Wildman–Crippen MR) is 51.9 cm³/mol. The Morgan fingerprint density at radius 2 is 2.58 bits per heavy atom. The average Bonchev–Trinajstić information content (AvgIpc) is 2.47. The number of hydrogen-bond acceptors (Lipinski definition) is 4. The Morgan fingerprint density at radius 1 is 1.83 bits per heavy atom. The minimum atomic E-state index is 0.0761. The number of halogens is 1. The molecule has 0 spiro atoms. The molecule has 0 radical (unpaired) electrons. The van der Waals surface area contributed by atoms with Gasteiger partial charge in [-0.2, -0.15) is 0 Å². The Balaban J connectivity index is 2.50. The minimum Gasteiger partial charge on any atom is -0.394 e. The fraction of sp³-hybridized carbons (Fsp3) is 0.571. The molecule has 0 saturated heterocycles. The van der Waals surface area contributed by atoms with Crippen molar-refractivity contribution in [2.24, 2.45) is 0 Å². The summed E-state index contributed by atoms with van der Waals surface area (Å²) in [6.45, 7) is 2.12. The highest BCUT2D eigenvalue weighted by Gasteiger charge is 2.06. The molecular formula is C7H11ClN2OS. The molecule has 5 heteroatoms. The van der Waals surface area contributed by atoms with Crippen LogP contribution in [0.15, 0.2) is 6.20 Å². The lowest BCUT2D eigenvalue weighted by Crippen LogP contribution is -2.22. The molecule has 68 valence electrons. The lowest BCUT2D eigenvalue weighted by Gasteiger charge is -2.11. The van der Waals surface area contributed by atoms with E-state index >= 15 is 0 Å². The van der Waals surface area contributed by atoms with Crippen LogP contribution >= 0.6 is 22.9 Å². The van der Waals surface area contributed by atoms with E-state index in [1.807, 2.05) is 6.92 Å². The van der Waals surface area contributed by atoms with E-state index in [2.05, 4.69) is 10.3 Å². The van der Waals surface area contributed by atoms with Gasteiger partial charge in [-0.25, -0.2) is 4.98 Å². The summed E-state index contributed by atoms with van der Waals surface area (Å²) in [5.74, 6) is 0. The van der Waals surface area contributed by atoms with Crippen molar-refractivity contribution in [1.82, 2.24) is 4.98 Å². The zero-order chi connectivity index (χ0) is 8.97. The monoisotopic (exact) mass is 206 g/mol. The maximum absolute atomic E-state index is 8.88. The van der Waals surface area contributed by atoms with Gasteiger partial charge in [0.1, 0.15) is 4.34 Å². The largest absolute Gasteiger partial charge is 0.394 e. The Morgan fingerprint density at radius 3 is 3.00 bits per heavy atom. The van der Waals surface area contributed by atoms with Crippen molar-refractivity contribution in [2.75, 3.05) is 11.9 Å². The Hall–Kier alpha value is -0.320. The molecule has 0 aliphatic rings. The van der Waals surface area contributed by atoms with Gasteiger partial charge in [0.2, 0.25) is 0 Å². The third kappa shape index (κ3) is 2.62. The van der Waals surface area contributed by atoms with Crippen molar-refractivity contribution in [3.63, 3.8) is 0 Å². The van der Waals surface area contributed by atoms with Crippen LogP contribution in [0.4, 0.5) is 5.13 Å². The summed E-state index contributed by atoms with van der Waals surface area (Å²) in [6, 6.07) is 0.0761. The standard InChI is InChI=1S/C7H11ClN2OS/c1-2-5(4-11)10-7-9-3-6(8)12-7/h3,5,11H,2,4H2,1H3,(H,9,10)/t5-/m0/s1. The molecule has 0 unspecified atom stereocenters. The van der Waals surface area contributed by atoms with Gasteiger partial charge in [-0.15, -0.1) is 0 Å². The predicted octanol–water partition coefficient (Wildman–Crippen LogP) is 1.98. The minimum absolute atomic E-state index is 0.0761. The van der Waals surface area contributed by atoms with Crippen LogP contribution in [0, 0.1) is 0 Å². The Bertz CT molecular complexity index is 237. The van der Waals surface area contributed by atoms with E-state index in [1.54, 1.807) is 6.20 Å². The van der Waals surface area contributed by atoms with Gasteiger partial charge in [-0.1, -0.05) is 29.9 Å². The third-order valence-electron chi connectivity index (χ3n) is 1.52. The molecule has 0 fully saturated rings. The van der Waals surface area contributed by atoms with Gasteiger partial charge in [0.25, 0.3) is 0 Å². The van der Waals surface area contributed by atoms with Gasteiger partial charge in [-0.3, -0.25) is 0 Å². The SMILES string of the molecule is CC[C@@H](CO)Nc1ncc(Cl)s1. The number of aliphatic hydroxyl groups excluding tert-OH is 1. The van der Waals surface area contributed by atoms with E-state index in [1.165, 1.54) is 11.3 Å². The van der Waals surface area contributed by atoms with Gasteiger partial charge in [0, 0.05) is 0 Å². The fourth-order valence-electron chi connectivity index (χ4n) is 0.773. The van der Waals surface area contributed by atoms with E-state index in [0.717, 1.165) is 11.6 Å². The number of nitrogens with one attached hydrogen (secondary N) is 1. The number of thiazole rings is 1. The molecule has 2 N–H and O–H groups in total. The van der Waals surface area contributed by atoms with Crippen LogP contribution in [0.3, 0.4) is 0 Å². The maximum atomic E-state index is 8.88. The molecule has 0 aliphatic carbocycles. The normalized spacial score (nSPS) is 12.9. The summed E-state index contributed by atoms with van der Waals surface area (Å²) < 4.78 is 0.658. The second-order valence-corrected chi connectivity index (χ2v) is 4.06. The lowest BCUT2D eigenvalue weighted by molar-refractivity contribution is 0.272. The first-order chi connectivity index (χ1) is 5.76. The number of hydrogen-bond donors (Lipinski definition) is 2. The first kappa shape index (κ1) is 9.77. The average molecular weight is 207 g/mol. The third-order valence-corrected chi connectivity index (χ3v) is 2.56. The molecule has 1 aromatic rings. The molecule has 12 heavy (non-hydrogen) atoms. The molecule has 1 atom stereocenters. The number of rotatable bonds is 4. The van der Waals surface area contributed by atoms with Crippen molar-refractivity contribution in [2.45, 2.75) is 19.4 Å². The zero-order valence-corrected chi connectivity index (χ0v) is 8.32. The highest BCUT2D eigenvalue weighted by molar-refractivity contribution is 7.19. The smallest absolute Gasteiger partial charge is 0.184 e. The Kier molecular flexibility index (Phi) is 3.78. The number of nitrogens with zero attached hydrogens (tertiary/aromatic N) is 1. The molecular weight excluding hydrogens is 196 g/mol. The summed E-state index contributed by atoms with van der Waals surface area (Å²) in [6.07, 6.45) is 2.46. The van der Waals surface area contributed by atoms with Gasteiger partial charge in [0.15, 0.2) is 5.13 Å². The van der Waals surface area contributed by atoms with E-state index in [9.17, 15) is 0 Å². The maximum Gasteiger partial charge on any atom is 0.184 e. The molecule has 1 aromatic heterocycles. The molecule has 0 amide bonds. The van der Waals surface area contributed by atoms with Crippen molar-refractivity contribution >= 4 is 28.1 Å². The molecule has 1 heterocycles. The van der Waals surface area contributed by atoms with Crippen LogP contribution in [0.1, 0.15) is 13.3 Å². The van der Waals surface area contributed by atoms with Crippen molar-refractivity contribution in [1.29, 1.82) is 0 Å². The van der Waals surface area contributed by atoms with Gasteiger partial charge < -0.3 is 10.4 Å². The van der Waals surface area contributed by atoms with Crippen molar-refractivity contribution < 1.29 is 5.11 Å². The second kappa shape index (κ2) is 4.64. The van der Waals surface area contributed by atoms with Crippen LogP contribution in [0.5, 0.6) is 0 Å². The fourth-order valence-corrected chi connectivity index (χ4v) is 1.66. The van der Waals surface area contributed by atoms with Crippen molar-refractivity contribution in [3.8, 4) is 0 Å². The molecule has 1 rings (SSSR count). The lowest BCUT2D eigenvalue weighted by atomic mass is 10.2. The molecule has 0 aromatic carbocycles. The van der Waals surface area contributed by atoms with Gasteiger partial charge in [0.05, 0.1) is 18.8 Å². The number of aromatic nitrogens is 1. The number of anilines is 1. The summed E-state index contributed by atoms with van der Waals surface area (Å²) in [5, 5.41) is 12.7. The molecule has 0 saturated carbocycles.